The molecule has 0 saturated carbocycles. The summed E-state index contributed by atoms with van der Waals surface area (Å²) in [4.78, 5) is 31.9. The van der Waals surface area contributed by atoms with Crippen molar-refractivity contribution < 1.29 is 14.0 Å². The van der Waals surface area contributed by atoms with Gasteiger partial charge in [0.15, 0.2) is 0 Å². The van der Waals surface area contributed by atoms with Crippen molar-refractivity contribution in [2.75, 3.05) is 26.2 Å². The van der Waals surface area contributed by atoms with E-state index in [0.29, 0.717) is 37.4 Å². The number of carbonyl (C=O) groups is 2. The summed E-state index contributed by atoms with van der Waals surface area (Å²) in [6, 6.07) is 6.91. The van der Waals surface area contributed by atoms with Gasteiger partial charge in [-0.3, -0.25) is 14.6 Å². The van der Waals surface area contributed by atoms with E-state index in [2.05, 4.69) is 4.98 Å². The van der Waals surface area contributed by atoms with E-state index in [1.54, 1.807) is 40.3 Å². The van der Waals surface area contributed by atoms with Crippen LogP contribution in [-0.2, 0) is 0 Å². The molecule has 1 saturated heterocycles. The van der Waals surface area contributed by atoms with Gasteiger partial charge in [0.25, 0.3) is 11.8 Å². The molecule has 1 fully saturated rings. The highest BCUT2D eigenvalue weighted by atomic mass is 16.3. The smallest absolute Gasteiger partial charge is 0.272 e. The van der Waals surface area contributed by atoms with Crippen molar-refractivity contribution in [3.63, 3.8) is 0 Å². The summed E-state index contributed by atoms with van der Waals surface area (Å²) in [7, 11) is 0. The first kappa shape index (κ1) is 13.4. The van der Waals surface area contributed by atoms with Crippen LogP contribution in [0.5, 0.6) is 0 Å². The predicted octanol–water partition coefficient (Wildman–Crippen LogP) is 1.27. The van der Waals surface area contributed by atoms with Crippen LogP contribution in [0.1, 0.15) is 20.8 Å². The Morgan fingerprint density at radius 2 is 1.71 bits per heavy atom. The summed E-state index contributed by atoms with van der Waals surface area (Å²) in [5.74, 6) is -0.153. The Bertz CT molecular complexity index is 617. The molecule has 6 heteroatoms. The summed E-state index contributed by atoms with van der Waals surface area (Å²) in [6.45, 7) is 2.06. The van der Waals surface area contributed by atoms with Crippen LogP contribution in [0.4, 0.5) is 0 Å². The first-order valence-electron chi connectivity index (χ1n) is 6.77. The Morgan fingerprint density at radius 3 is 2.29 bits per heavy atom. The lowest BCUT2D eigenvalue weighted by Crippen LogP contribution is -2.50. The standard InChI is InChI=1S/C15H15N3O3/c19-14(12-4-10-21-11-12)17-6-8-18(9-7-17)15(20)13-3-1-2-5-16-13/h1-5,10-11H,6-9H2. The molecule has 6 nitrogen and oxygen atoms in total. The summed E-state index contributed by atoms with van der Waals surface area (Å²) in [6.07, 6.45) is 4.52. The Labute approximate surface area is 122 Å². The molecule has 2 aromatic heterocycles. The molecule has 3 heterocycles. The second-order valence-electron chi connectivity index (χ2n) is 4.81. The van der Waals surface area contributed by atoms with Crippen LogP contribution in [0.3, 0.4) is 0 Å². The molecule has 3 rings (SSSR count). The lowest BCUT2D eigenvalue weighted by molar-refractivity contribution is 0.0532. The number of amides is 2. The van der Waals surface area contributed by atoms with Crippen molar-refractivity contribution in [2.24, 2.45) is 0 Å². The lowest BCUT2D eigenvalue weighted by atomic mass is 10.2. The number of rotatable bonds is 2. The molecule has 1 aliphatic heterocycles. The van der Waals surface area contributed by atoms with E-state index in [1.807, 2.05) is 0 Å². The van der Waals surface area contributed by atoms with Gasteiger partial charge >= 0.3 is 0 Å². The van der Waals surface area contributed by atoms with Crippen molar-refractivity contribution in [1.29, 1.82) is 0 Å². The molecule has 1 aliphatic rings. The fourth-order valence-electron chi connectivity index (χ4n) is 2.33. The highest BCUT2D eigenvalue weighted by Crippen LogP contribution is 2.11. The van der Waals surface area contributed by atoms with Crippen LogP contribution in [0.25, 0.3) is 0 Å². The average molecular weight is 285 g/mol. The maximum absolute atomic E-state index is 12.2. The van der Waals surface area contributed by atoms with Crippen LogP contribution in [0.15, 0.2) is 47.4 Å². The summed E-state index contributed by atoms with van der Waals surface area (Å²) < 4.78 is 4.92. The SMILES string of the molecule is O=C(c1ccoc1)N1CCN(C(=O)c2ccccn2)CC1. The molecule has 0 bridgehead atoms. The second kappa shape index (κ2) is 5.78. The monoisotopic (exact) mass is 285 g/mol. The molecule has 2 amide bonds. The van der Waals surface area contributed by atoms with E-state index >= 15 is 0 Å². The molecule has 0 spiro atoms. The van der Waals surface area contributed by atoms with Gasteiger partial charge in [-0.25, -0.2) is 0 Å². The van der Waals surface area contributed by atoms with Crippen LogP contribution >= 0.6 is 0 Å². The molecule has 108 valence electrons. The number of hydrogen-bond donors (Lipinski definition) is 0. The van der Waals surface area contributed by atoms with Gasteiger partial charge in [0.05, 0.1) is 11.8 Å². The Kier molecular flexibility index (Phi) is 3.68. The van der Waals surface area contributed by atoms with E-state index in [1.165, 1.54) is 12.5 Å². The van der Waals surface area contributed by atoms with Gasteiger partial charge in [-0.1, -0.05) is 6.07 Å². The molecule has 0 aromatic carbocycles. The minimum atomic E-state index is -0.0917. The third kappa shape index (κ3) is 2.79. The van der Waals surface area contributed by atoms with E-state index in [9.17, 15) is 9.59 Å². The molecule has 0 atom stereocenters. The summed E-state index contributed by atoms with van der Waals surface area (Å²) >= 11 is 0. The van der Waals surface area contributed by atoms with E-state index in [-0.39, 0.29) is 11.8 Å². The number of piperazine rings is 1. The van der Waals surface area contributed by atoms with Gasteiger partial charge in [-0.2, -0.15) is 0 Å². The molecular weight excluding hydrogens is 270 g/mol. The minimum Gasteiger partial charge on any atom is -0.472 e. The van der Waals surface area contributed by atoms with Gasteiger partial charge < -0.3 is 14.2 Å². The molecule has 0 unspecified atom stereocenters. The van der Waals surface area contributed by atoms with E-state index < -0.39 is 0 Å². The summed E-state index contributed by atoms with van der Waals surface area (Å²) in [5, 5.41) is 0. The van der Waals surface area contributed by atoms with Gasteiger partial charge in [-0.15, -0.1) is 0 Å². The van der Waals surface area contributed by atoms with Crippen LogP contribution < -0.4 is 0 Å². The minimum absolute atomic E-state index is 0.0614. The quantitative estimate of drug-likeness (QED) is 0.833. The highest BCUT2D eigenvalue weighted by Gasteiger charge is 2.26. The maximum Gasteiger partial charge on any atom is 0.272 e. The van der Waals surface area contributed by atoms with Crippen molar-refractivity contribution in [3.8, 4) is 0 Å². The number of aromatic nitrogens is 1. The Balaban J connectivity index is 1.60. The highest BCUT2D eigenvalue weighted by molar-refractivity contribution is 5.95. The first-order chi connectivity index (χ1) is 10.3. The topological polar surface area (TPSA) is 66.7 Å². The maximum atomic E-state index is 12.2. The Hall–Kier alpha value is -2.63. The zero-order valence-electron chi connectivity index (χ0n) is 11.4. The number of hydrogen-bond acceptors (Lipinski definition) is 4. The van der Waals surface area contributed by atoms with Gasteiger partial charge in [0, 0.05) is 32.4 Å². The molecule has 2 aromatic rings. The number of furan rings is 1. The van der Waals surface area contributed by atoms with E-state index in [0.717, 1.165) is 0 Å². The largest absolute Gasteiger partial charge is 0.472 e. The van der Waals surface area contributed by atoms with Crippen LogP contribution in [0.2, 0.25) is 0 Å². The third-order valence-electron chi connectivity index (χ3n) is 3.51. The molecule has 21 heavy (non-hydrogen) atoms. The van der Waals surface area contributed by atoms with E-state index in [4.69, 9.17) is 4.42 Å². The zero-order valence-corrected chi connectivity index (χ0v) is 11.4. The lowest BCUT2D eigenvalue weighted by Gasteiger charge is -2.34. The van der Waals surface area contributed by atoms with Crippen molar-refractivity contribution in [3.05, 3.63) is 54.2 Å². The first-order valence-corrected chi connectivity index (χ1v) is 6.77. The fraction of sp³-hybridized carbons (Fsp3) is 0.267. The second-order valence-corrected chi connectivity index (χ2v) is 4.81. The van der Waals surface area contributed by atoms with Crippen molar-refractivity contribution >= 4 is 11.8 Å². The number of carbonyl (C=O) groups excluding carboxylic acids is 2. The van der Waals surface area contributed by atoms with Gasteiger partial charge in [-0.05, 0) is 18.2 Å². The van der Waals surface area contributed by atoms with Crippen LogP contribution in [-0.4, -0.2) is 52.8 Å². The zero-order chi connectivity index (χ0) is 14.7. The number of nitrogens with zero attached hydrogens (tertiary/aromatic N) is 3. The normalized spacial score (nSPS) is 15.0. The number of pyridine rings is 1. The van der Waals surface area contributed by atoms with Crippen molar-refractivity contribution in [1.82, 2.24) is 14.8 Å². The van der Waals surface area contributed by atoms with Crippen molar-refractivity contribution in [2.45, 2.75) is 0 Å². The molecule has 0 N–H and O–H groups in total. The molecular formula is C15H15N3O3. The predicted molar refractivity (Wildman–Crippen MR) is 74.8 cm³/mol. The average Bonchev–Trinajstić information content (AvgIpc) is 3.09. The van der Waals surface area contributed by atoms with Gasteiger partial charge in [0.1, 0.15) is 12.0 Å². The molecule has 0 aliphatic carbocycles. The summed E-state index contributed by atoms with van der Waals surface area (Å²) in [5.41, 5.74) is 0.978. The molecule has 0 radical (unpaired) electrons. The van der Waals surface area contributed by atoms with Crippen LogP contribution in [0, 0.1) is 0 Å². The Morgan fingerprint density at radius 1 is 1.00 bits per heavy atom. The fourth-order valence-corrected chi connectivity index (χ4v) is 2.33. The third-order valence-corrected chi connectivity index (χ3v) is 3.51. The van der Waals surface area contributed by atoms with Gasteiger partial charge in [0.2, 0.25) is 0 Å².